The van der Waals surface area contributed by atoms with E-state index < -0.39 is 0 Å². The van der Waals surface area contributed by atoms with Gasteiger partial charge in [0.15, 0.2) is 6.29 Å². The van der Waals surface area contributed by atoms with Crippen LogP contribution in [0.4, 0.5) is 0 Å². The molecule has 26 heavy (non-hydrogen) atoms. The number of carbonyl (C=O) groups excluding carboxylic acids is 1. The Morgan fingerprint density at radius 1 is 1.42 bits per heavy atom. The fourth-order valence-electron chi connectivity index (χ4n) is 3.54. The second-order valence-electron chi connectivity index (χ2n) is 7.10. The van der Waals surface area contributed by atoms with Crippen molar-refractivity contribution in [2.45, 2.75) is 39.2 Å². The van der Waals surface area contributed by atoms with Crippen LogP contribution in [0.1, 0.15) is 53.8 Å². The van der Waals surface area contributed by atoms with Crippen molar-refractivity contribution in [1.29, 1.82) is 0 Å². The molecule has 0 spiro atoms. The third kappa shape index (κ3) is 3.60. The van der Waals surface area contributed by atoms with Crippen molar-refractivity contribution in [2.75, 3.05) is 19.8 Å². The maximum Gasteiger partial charge on any atom is 0.157 e. The summed E-state index contributed by atoms with van der Waals surface area (Å²) in [5.41, 5.74) is 2.05. The molecule has 2 heterocycles. The molecule has 6 nitrogen and oxygen atoms in total. The van der Waals surface area contributed by atoms with Gasteiger partial charge in [0.1, 0.15) is 11.5 Å². The number of benzene rings is 1. The van der Waals surface area contributed by atoms with Gasteiger partial charge in [-0.1, -0.05) is 6.07 Å². The zero-order valence-corrected chi connectivity index (χ0v) is 15.5. The van der Waals surface area contributed by atoms with Crippen molar-refractivity contribution < 1.29 is 19.4 Å². The normalized spacial score (nSPS) is 20.3. The quantitative estimate of drug-likeness (QED) is 0.800. The molecule has 0 radical (unpaired) electrons. The van der Waals surface area contributed by atoms with Crippen LogP contribution in [0.3, 0.4) is 0 Å². The van der Waals surface area contributed by atoms with E-state index in [4.69, 9.17) is 9.47 Å². The number of ether oxygens (including phenoxy) is 2. The fraction of sp³-hybridized carbons (Fsp3) is 0.500. The van der Waals surface area contributed by atoms with Crippen molar-refractivity contribution in [3.8, 4) is 11.5 Å². The molecule has 2 unspecified atom stereocenters. The van der Waals surface area contributed by atoms with Gasteiger partial charge in [-0.05, 0) is 44.9 Å². The van der Waals surface area contributed by atoms with E-state index in [0.717, 1.165) is 13.0 Å². The van der Waals surface area contributed by atoms with Gasteiger partial charge in [0.2, 0.25) is 0 Å². The SMILES string of the molecule is Cc1ccc(OCC2COCCC2c2ccnn2C(C)C)c(C=O)c1O. The van der Waals surface area contributed by atoms with Gasteiger partial charge in [0, 0.05) is 36.4 Å². The zero-order valence-electron chi connectivity index (χ0n) is 15.5. The Labute approximate surface area is 153 Å². The predicted molar refractivity (Wildman–Crippen MR) is 98.0 cm³/mol. The smallest absolute Gasteiger partial charge is 0.157 e. The standard InChI is InChI=1S/C20H26N2O4/c1-13(2)22-18(6-8-21-22)16-7-9-25-11-15(16)12-26-19-5-4-14(3)20(24)17(19)10-23/h4-6,8,10,13,15-16,24H,7,9,11-12H2,1-3H3. The summed E-state index contributed by atoms with van der Waals surface area (Å²) in [5, 5.41) is 14.5. The van der Waals surface area contributed by atoms with E-state index in [1.807, 2.05) is 6.20 Å². The molecular weight excluding hydrogens is 332 g/mol. The van der Waals surface area contributed by atoms with E-state index in [9.17, 15) is 9.90 Å². The molecule has 6 heteroatoms. The molecule has 2 atom stereocenters. The van der Waals surface area contributed by atoms with E-state index in [2.05, 4.69) is 29.7 Å². The van der Waals surface area contributed by atoms with E-state index in [0.29, 0.717) is 36.9 Å². The second-order valence-corrected chi connectivity index (χ2v) is 7.10. The highest BCUT2D eigenvalue weighted by Gasteiger charge is 2.31. The van der Waals surface area contributed by atoms with Gasteiger partial charge < -0.3 is 14.6 Å². The minimum absolute atomic E-state index is 0.0215. The van der Waals surface area contributed by atoms with Gasteiger partial charge in [0.25, 0.3) is 0 Å². The van der Waals surface area contributed by atoms with Crippen molar-refractivity contribution in [3.63, 3.8) is 0 Å². The highest BCUT2D eigenvalue weighted by Crippen LogP contribution is 2.35. The van der Waals surface area contributed by atoms with Crippen molar-refractivity contribution in [3.05, 3.63) is 41.2 Å². The Morgan fingerprint density at radius 2 is 2.23 bits per heavy atom. The number of aromatic hydroxyl groups is 1. The number of aryl methyl sites for hydroxylation is 1. The molecule has 1 N–H and O–H groups in total. The first-order chi connectivity index (χ1) is 12.5. The average Bonchev–Trinajstić information content (AvgIpc) is 3.13. The Balaban J connectivity index is 1.79. The highest BCUT2D eigenvalue weighted by molar-refractivity contribution is 5.84. The van der Waals surface area contributed by atoms with Crippen LogP contribution < -0.4 is 4.74 Å². The molecule has 0 aliphatic carbocycles. The van der Waals surface area contributed by atoms with E-state index in [-0.39, 0.29) is 23.1 Å². The van der Waals surface area contributed by atoms with Crippen LogP contribution in [-0.2, 0) is 4.74 Å². The van der Waals surface area contributed by atoms with Crippen molar-refractivity contribution >= 4 is 6.29 Å². The molecule has 1 aromatic heterocycles. The van der Waals surface area contributed by atoms with E-state index >= 15 is 0 Å². The molecule has 2 aromatic rings. The predicted octanol–water partition coefficient (Wildman–Crippen LogP) is 3.49. The lowest BCUT2D eigenvalue weighted by molar-refractivity contribution is 0.0183. The summed E-state index contributed by atoms with van der Waals surface area (Å²) in [6.07, 6.45) is 3.39. The lowest BCUT2D eigenvalue weighted by Crippen LogP contribution is -2.32. The molecule has 1 aromatic carbocycles. The molecule has 0 saturated carbocycles. The summed E-state index contributed by atoms with van der Waals surface area (Å²) >= 11 is 0. The number of hydrogen-bond acceptors (Lipinski definition) is 5. The van der Waals surface area contributed by atoms with Gasteiger partial charge in [-0.25, -0.2) is 0 Å². The number of hydrogen-bond donors (Lipinski definition) is 1. The van der Waals surface area contributed by atoms with E-state index in [1.165, 1.54) is 5.69 Å². The fourth-order valence-corrected chi connectivity index (χ4v) is 3.54. The number of aldehydes is 1. The monoisotopic (exact) mass is 358 g/mol. The molecular formula is C20H26N2O4. The van der Waals surface area contributed by atoms with Gasteiger partial charge in [0.05, 0.1) is 18.8 Å². The van der Waals surface area contributed by atoms with Gasteiger partial charge in [-0.15, -0.1) is 0 Å². The average molecular weight is 358 g/mol. The summed E-state index contributed by atoms with van der Waals surface area (Å²) in [4.78, 5) is 11.3. The molecule has 0 amide bonds. The van der Waals surface area contributed by atoms with Crippen LogP contribution in [0.2, 0.25) is 0 Å². The maximum atomic E-state index is 11.3. The third-order valence-electron chi connectivity index (χ3n) is 4.99. The number of phenolic OH excluding ortho intramolecular Hbond substituents is 1. The Hall–Kier alpha value is -2.34. The summed E-state index contributed by atoms with van der Waals surface area (Å²) in [7, 11) is 0. The van der Waals surface area contributed by atoms with Gasteiger partial charge >= 0.3 is 0 Å². The Morgan fingerprint density at radius 3 is 2.96 bits per heavy atom. The number of aromatic nitrogens is 2. The summed E-state index contributed by atoms with van der Waals surface area (Å²) in [6.45, 7) is 7.72. The largest absolute Gasteiger partial charge is 0.507 e. The zero-order chi connectivity index (χ0) is 18.7. The second kappa shape index (κ2) is 7.91. The third-order valence-corrected chi connectivity index (χ3v) is 4.99. The maximum absolute atomic E-state index is 11.3. The van der Waals surface area contributed by atoms with Crippen LogP contribution in [0.25, 0.3) is 0 Å². The number of phenols is 1. The lowest BCUT2D eigenvalue weighted by atomic mass is 9.86. The molecule has 3 rings (SSSR count). The van der Waals surface area contributed by atoms with Gasteiger partial charge in [-0.2, -0.15) is 5.10 Å². The van der Waals surface area contributed by atoms with Crippen molar-refractivity contribution in [2.24, 2.45) is 5.92 Å². The highest BCUT2D eigenvalue weighted by atomic mass is 16.5. The lowest BCUT2D eigenvalue weighted by Gasteiger charge is -2.32. The number of nitrogens with zero attached hydrogens (tertiary/aromatic N) is 2. The first kappa shape index (κ1) is 18.5. The molecule has 1 aliphatic heterocycles. The van der Waals surface area contributed by atoms with Crippen LogP contribution >= 0.6 is 0 Å². The minimum Gasteiger partial charge on any atom is -0.507 e. The Kier molecular flexibility index (Phi) is 5.61. The molecule has 0 bridgehead atoms. The first-order valence-corrected chi connectivity index (χ1v) is 9.04. The first-order valence-electron chi connectivity index (χ1n) is 9.04. The van der Waals surface area contributed by atoms with Crippen LogP contribution in [0.5, 0.6) is 11.5 Å². The summed E-state index contributed by atoms with van der Waals surface area (Å²) in [6, 6.07) is 5.84. The summed E-state index contributed by atoms with van der Waals surface area (Å²) in [5.74, 6) is 0.824. The van der Waals surface area contributed by atoms with Crippen LogP contribution in [-0.4, -0.2) is 41.0 Å². The number of carbonyl (C=O) groups is 1. The van der Waals surface area contributed by atoms with Crippen LogP contribution in [0, 0.1) is 12.8 Å². The Bertz CT molecular complexity index is 769. The molecule has 140 valence electrons. The van der Waals surface area contributed by atoms with Gasteiger partial charge in [-0.3, -0.25) is 9.48 Å². The van der Waals surface area contributed by atoms with E-state index in [1.54, 1.807) is 19.1 Å². The number of rotatable bonds is 6. The minimum atomic E-state index is -0.0215. The molecule has 1 fully saturated rings. The topological polar surface area (TPSA) is 73.6 Å². The summed E-state index contributed by atoms with van der Waals surface area (Å²) < 4.78 is 13.7. The van der Waals surface area contributed by atoms with Crippen LogP contribution in [0.15, 0.2) is 24.4 Å². The molecule has 1 saturated heterocycles. The van der Waals surface area contributed by atoms with Crippen molar-refractivity contribution in [1.82, 2.24) is 9.78 Å². The molecule has 1 aliphatic rings.